The Bertz CT molecular complexity index is 309. The van der Waals surface area contributed by atoms with E-state index in [-0.39, 0.29) is 0 Å². The Morgan fingerprint density at radius 1 is 1.24 bits per heavy atom. The highest BCUT2D eigenvalue weighted by atomic mass is 16.5. The molecule has 1 unspecified atom stereocenters. The van der Waals surface area contributed by atoms with Gasteiger partial charge in [0.15, 0.2) is 0 Å². The lowest BCUT2D eigenvalue weighted by Gasteiger charge is -2.20. The van der Waals surface area contributed by atoms with Crippen LogP contribution in [0.15, 0.2) is 24.3 Å². The number of likely N-dealkylation sites (N-methyl/N-ethyl adjacent to an activating group) is 1. The first kappa shape index (κ1) is 14.0. The zero-order valence-corrected chi connectivity index (χ0v) is 11.4. The van der Waals surface area contributed by atoms with E-state index in [0.717, 1.165) is 25.3 Å². The third kappa shape index (κ3) is 5.20. The van der Waals surface area contributed by atoms with Crippen LogP contribution in [0.3, 0.4) is 0 Å². The highest BCUT2D eigenvalue weighted by molar-refractivity contribution is 5.27. The van der Waals surface area contributed by atoms with Crippen LogP contribution < -0.4 is 10.1 Å². The van der Waals surface area contributed by atoms with Crippen molar-refractivity contribution >= 4 is 0 Å². The summed E-state index contributed by atoms with van der Waals surface area (Å²) in [5, 5.41) is 3.47. The number of benzene rings is 1. The number of ether oxygens (including phenoxy) is 1. The number of hydrogen-bond acceptors (Lipinski definition) is 3. The van der Waals surface area contributed by atoms with E-state index < -0.39 is 0 Å². The van der Waals surface area contributed by atoms with E-state index in [1.54, 1.807) is 7.11 Å². The number of nitrogens with zero attached hydrogens (tertiary/aromatic N) is 1. The van der Waals surface area contributed by atoms with Gasteiger partial charge in [-0.15, -0.1) is 0 Å². The van der Waals surface area contributed by atoms with Gasteiger partial charge < -0.3 is 15.0 Å². The van der Waals surface area contributed by atoms with E-state index >= 15 is 0 Å². The third-order valence-electron chi connectivity index (χ3n) is 3.07. The van der Waals surface area contributed by atoms with Crippen LogP contribution in [0.4, 0.5) is 0 Å². The molecule has 0 aliphatic heterocycles. The lowest BCUT2D eigenvalue weighted by Crippen LogP contribution is -2.36. The molecule has 96 valence electrons. The summed E-state index contributed by atoms with van der Waals surface area (Å²) in [7, 11) is 5.91. The molecular weight excluding hydrogens is 212 g/mol. The Morgan fingerprint density at radius 2 is 1.88 bits per heavy atom. The van der Waals surface area contributed by atoms with Gasteiger partial charge in [-0.25, -0.2) is 0 Å². The van der Waals surface area contributed by atoms with E-state index in [4.69, 9.17) is 4.74 Å². The Morgan fingerprint density at radius 3 is 2.41 bits per heavy atom. The fourth-order valence-electron chi connectivity index (χ4n) is 1.52. The topological polar surface area (TPSA) is 24.5 Å². The van der Waals surface area contributed by atoms with Gasteiger partial charge >= 0.3 is 0 Å². The van der Waals surface area contributed by atoms with Crippen LogP contribution in [-0.4, -0.2) is 45.2 Å². The summed E-state index contributed by atoms with van der Waals surface area (Å²) < 4.78 is 5.13. The monoisotopic (exact) mass is 236 g/mol. The van der Waals surface area contributed by atoms with Crippen molar-refractivity contribution in [3.8, 4) is 5.75 Å². The van der Waals surface area contributed by atoms with Crippen molar-refractivity contribution < 1.29 is 4.74 Å². The second-order valence-electron chi connectivity index (χ2n) is 4.61. The zero-order valence-electron chi connectivity index (χ0n) is 11.4. The van der Waals surface area contributed by atoms with Gasteiger partial charge in [0, 0.05) is 12.6 Å². The van der Waals surface area contributed by atoms with Gasteiger partial charge in [-0.05, 0) is 51.7 Å². The number of rotatable bonds is 7. The van der Waals surface area contributed by atoms with Crippen LogP contribution in [0, 0.1) is 0 Å². The van der Waals surface area contributed by atoms with Crippen LogP contribution in [0.2, 0.25) is 0 Å². The number of methoxy groups -OCH3 is 1. The summed E-state index contributed by atoms with van der Waals surface area (Å²) in [4.78, 5) is 2.22. The fraction of sp³-hybridized carbons (Fsp3) is 0.571. The molecular formula is C14H24N2O. The lowest BCUT2D eigenvalue weighted by atomic mass is 10.1. The van der Waals surface area contributed by atoms with E-state index in [1.165, 1.54) is 5.56 Å². The predicted molar refractivity (Wildman–Crippen MR) is 72.7 cm³/mol. The first-order chi connectivity index (χ1) is 8.13. The van der Waals surface area contributed by atoms with Gasteiger partial charge in [-0.2, -0.15) is 0 Å². The van der Waals surface area contributed by atoms with Crippen molar-refractivity contribution in [2.75, 3.05) is 34.3 Å². The van der Waals surface area contributed by atoms with Crippen LogP contribution in [0.5, 0.6) is 5.75 Å². The highest BCUT2D eigenvalue weighted by Gasteiger charge is 2.02. The largest absolute Gasteiger partial charge is 0.497 e. The average Bonchev–Trinajstić information content (AvgIpc) is 2.35. The van der Waals surface area contributed by atoms with Gasteiger partial charge in [0.05, 0.1) is 7.11 Å². The minimum Gasteiger partial charge on any atom is -0.497 e. The first-order valence-corrected chi connectivity index (χ1v) is 6.13. The van der Waals surface area contributed by atoms with E-state index in [9.17, 15) is 0 Å². The van der Waals surface area contributed by atoms with Crippen molar-refractivity contribution in [1.29, 1.82) is 0 Å². The summed E-state index contributed by atoms with van der Waals surface area (Å²) >= 11 is 0. The molecule has 3 heteroatoms. The Hall–Kier alpha value is -1.06. The van der Waals surface area contributed by atoms with E-state index in [1.807, 2.05) is 12.1 Å². The fourth-order valence-corrected chi connectivity index (χ4v) is 1.52. The van der Waals surface area contributed by atoms with Crippen molar-refractivity contribution in [1.82, 2.24) is 10.2 Å². The average molecular weight is 236 g/mol. The molecule has 0 saturated carbocycles. The van der Waals surface area contributed by atoms with Crippen molar-refractivity contribution in [3.63, 3.8) is 0 Å². The molecule has 0 spiro atoms. The summed E-state index contributed by atoms with van der Waals surface area (Å²) in [6, 6.07) is 8.84. The highest BCUT2D eigenvalue weighted by Crippen LogP contribution is 2.11. The SMILES string of the molecule is COc1ccc(CCNCC(C)N(C)C)cc1. The van der Waals surface area contributed by atoms with Crippen LogP contribution in [0.25, 0.3) is 0 Å². The second-order valence-corrected chi connectivity index (χ2v) is 4.61. The summed E-state index contributed by atoms with van der Waals surface area (Å²) in [5.41, 5.74) is 1.34. The minimum atomic E-state index is 0.575. The van der Waals surface area contributed by atoms with Gasteiger partial charge in [-0.3, -0.25) is 0 Å². The predicted octanol–water partition coefficient (Wildman–Crippen LogP) is 1.78. The molecule has 0 aliphatic carbocycles. The first-order valence-electron chi connectivity index (χ1n) is 6.13. The molecule has 0 fully saturated rings. The molecule has 0 aliphatic rings. The maximum atomic E-state index is 5.13. The molecule has 17 heavy (non-hydrogen) atoms. The smallest absolute Gasteiger partial charge is 0.118 e. The van der Waals surface area contributed by atoms with Gasteiger partial charge in [0.25, 0.3) is 0 Å². The molecule has 0 bridgehead atoms. The zero-order chi connectivity index (χ0) is 12.7. The van der Waals surface area contributed by atoms with Crippen molar-refractivity contribution in [2.45, 2.75) is 19.4 Å². The van der Waals surface area contributed by atoms with E-state index in [0.29, 0.717) is 6.04 Å². The molecule has 1 N–H and O–H groups in total. The second kappa shape index (κ2) is 7.30. The van der Waals surface area contributed by atoms with E-state index in [2.05, 4.69) is 43.4 Å². The van der Waals surface area contributed by atoms with Crippen molar-refractivity contribution in [2.24, 2.45) is 0 Å². The lowest BCUT2D eigenvalue weighted by molar-refractivity contribution is 0.303. The Balaban J connectivity index is 2.22. The quantitative estimate of drug-likeness (QED) is 0.730. The normalized spacial score (nSPS) is 12.8. The molecule has 1 aromatic rings. The molecule has 0 radical (unpaired) electrons. The maximum Gasteiger partial charge on any atom is 0.118 e. The third-order valence-corrected chi connectivity index (χ3v) is 3.07. The van der Waals surface area contributed by atoms with Gasteiger partial charge in [0.1, 0.15) is 5.75 Å². The summed E-state index contributed by atoms with van der Waals surface area (Å²) in [6.45, 7) is 4.27. The van der Waals surface area contributed by atoms with Crippen LogP contribution in [-0.2, 0) is 6.42 Å². The molecule has 1 aromatic carbocycles. The van der Waals surface area contributed by atoms with Crippen LogP contribution >= 0.6 is 0 Å². The summed E-state index contributed by atoms with van der Waals surface area (Å²) in [5.74, 6) is 0.919. The minimum absolute atomic E-state index is 0.575. The molecule has 0 aromatic heterocycles. The van der Waals surface area contributed by atoms with Crippen molar-refractivity contribution in [3.05, 3.63) is 29.8 Å². The molecule has 1 atom stereocenters. The Kier molecular flexibility index (Phi) is 6.01. The molecule has 0 heterocycles. The summed E-state index contributed by atoms with van der Waals surface area (Å²) in [6.07, 6.45) is 1.06. The Labute approximate surface area is 105 Å². The molecule has 0 saturated heterocycles. The molecule has 1 rings (SSSR count). The maximum absolute atomic E-state index is 5.13. The van der Waals surface area contributed by atoms with Gasteiger partial charge in [0.2, 0.25) is 0 Å². The molecule has 3 nitrogen and oxygen atoms in total. The number of nitrogens with one attached hydrogen (secondary N) is 1. The van der Waals surface area contributed by atoms with Gasteiger partial charge in [-0.1, -0.05) is 12.1 Å². The molecule has 0 amide bonds. The standard InChI is InChI=1S/C14H24N2O/c1-12(16(2)3)11-15-10-9-13-5-7-14(17-4)8-6-13/h5-8,12,15H,9-11H2,1-4H3. The van der Waals surface area contributed by atoms with Crippen LogP contribution in [0.1, 0.15) is 12.5 Å². The number of hydrogen-bond donors (Lipinski definition) is 1.